The van der Waals surface area contributed by atoms with Gasteiger partial charge in [0.2, 0.25) is 0 Å². The van der Waals surface area contributed by atoms with Crippen LogP contribution in [-0.4, -0.2) is 47.2 Å². The van der Waals surface area contributed by atoms with E-state index in [1.807, 2.05) is 13.8 Å². The Morgan fingerprint density at radius 3 is 2.60 bits per heavy atom. The van der Waals surface area contributed by atoms with Crippen molar-refractivity contribution in [3.05, 3.63) is 46.3 Å². The van der Waals surface area contributed by atoms with Gasteiger partial charge in [0.15, 0.2) is 0 Å². The molecule has 1 aromatic heterocycles. The Hall–Kier alpha value is -3.20. The maximum atomic E-state index is 13.1. The van der Waals surface area contributed by atoms with Crippen molar-refractivity contribution in [2.45, 2.75) is 33.6 Å². The van der Waals surface area contributed by atoms with Gasteiger partial charge in [0.05, 0.1) is 42.6 Å². The summed E-state index contributed by atoms with van der Waals surface area (Å²) in [6.45, 7) is 7.16. The first-order chi connectivity index (χ1) is 14.4. The van der Waals surface area contributed by atoms with E-state index in [2.05, 4.69) is 15.6 Å². The molecule has 30 heavy (non-hydrogen) atoms. The molecule has 1 unspecified atom stereocenters. The fraction of sp³-hybridized carbons (Fsp3) is 0.429. The standard InChI is InChI=1S/C21H25N3O6/c1-5-28-21(27)18-15(9-25)22-12(4)16(20(26)29-10-11(2)3)17(18)13-7-6-8-14-19(13)24-30-23-14/h6-8,11,17,22,25H,5,9-10H2,1-4H3. The van der Waals surface area contributed by atoms with Crippen LogP contribution in [0.5, 0.6) is 0 Å². The number of aromatic nitrogens is 2. The maximum absolute atomic E-state index is 13.1. The van der Waals surface area contributed by atoms with Crippen LogP contribution in [0, 0.1) is 5.92 Å². The number of rotatable bonds is 7. The Kier molecular flexibility index (Phi) is 6.51. The average molecular weight is 415 g/mol. The van der Waals surface area contributed by atoms with Gasteiger partial charge in [-0.25, -0.2) is 14.2 Å². The Labute approximate surface area is 173 Å². The molecule has 1 atom stereocenters. The highest BCUT2D eigenvalue weighted by atomic mass is 16.6. The van der Waals surface area contributed by atoms with Crippen molar-refractivity contribution >= 4 is 23.0 Å². The van der Waals surface area contributed by atoms with Crippen molar-refractivity contribution in [1.29, 1.82) is 0 Å². The van der Waals surface area contributed by atoms with E-state index in [-0.39, 0.29) is 36.0 Å². The van der Waals surface area contributed by atoms with Gasteiger partial charge in [-0.05, 0) is 41.7 Å². The van der Waals surface area contributed by atoms with Gasteiger partial charge in [0, 0.05) is 5.70 Å². The average Bonchev–Trinajstić information content (AvgIpc) is 3.20. The van der Waals surface area contributed by atoms with Crippen LogP contribution >= 0.6 is 0 Å². The molecule has 1 aromatic carbocycles. The molecule has 1 aliphatic rings. The van der Waals surface area contributed by atoms with Crippen molar-refractivity contribution in [3.8, 4) is 0 Å². The fourth-order valence-corrected chi connectivity index (χ4v) is 3.43. The molecule has 3 rings (SSSR count). The van der Waals surface area contributed by atoms with E-state index in [0.29, 0.717) is 22.3 Å². The van der Waals surface area contributed by atoms with Gasteiger partial charge in [-0.2, -0.15) is 0 Å². The number of esters is 2. The molecular weight excluding hydrogens is 390 g/mol. The maximum Gasteiger partial charge on any atom is 0.336 e. The van der Waals surface area contributed by atoms with Gasteiger partial charge >= 0.3 is 11.9 Å². The number of nitrogens with zero attached hydrogens (tertiary/aromatic N) is 2. The molecule has 2 heterocycles. The van der Waals surface area contributed by atoms with E-state index in [1.54, 1.807) is 32.0 Å². The number of aliphatic hydroxyl groups excluding tert-OH is 1. The number of nitrogens with one attached hydrogen (secondary N) is 1. The highest BCUT2D eigenvalue weighted by molar-refractivity contribution is 6.01. The summed E-state index contributed by atoms with van der Waals surface area (Å²) >= 11 is 0. The summed E-state index contributed by atoms with van der Waals surface area (Å²) in [5.41, 5.74) is 2.50. The molecular formula is C21H25N3O6. The molecule has 0 aliphatic carbocycles. The van der Waals surface area contributed by atoms with Crippen LogP contribution in [0.2, 0.25) is 0 Å². The molecule has 2 aromatic rings. The quantitative estimate of drug-likeness (QED) is 0.655. The topological polar surface area (TPSA) is 124 Å². The van der Waals surface area contributed by atoms with E-state index in [9.17, 15) is 14.7 Å². The lowest BCUT2D eigenvalue weighted by Crippen LogP contribution is -2.34. The zero-order valence-corrected chi connectivity index (χ0v) is 17.4. The lowest BCUT2D eigenvalue weighted by atomic mass is 9.79. The van der Waals surface area contributed by atoms with Crippen molar-refractivity contribution in [3.63, 3.8) is 0 Å². The first-order valence-electron chi connectivity index (χ1n) is 9.76. The van der Waals surface area contributed by atoms with E-state index in [0.717, 1.165) is 0 Å². The predicted octanol–water partition coefficient (Wildman–Crippen LogP) is 2.19. The van der Waals surface area contributed by atoms with Crippen LogP contribution in [0.4, 0.5) is 0 Å². The SMILES string of the molecule is CCOC(=O)C1=C(CO)NC(C)=C(C(=O)OCC(C)C)C1c1cccc2nonc12. The first-order valence-corrected chi connectivity index (χ1v) is 9.76. The molecule has 0 bridgehead atoms. The third-order valence-corrected chi connectivity index (χ3v) is 4.69. The minimum atomic E-state index is -0.872. The van der Waals surface area contributed by atoms with Crippen molar-refractivity contribution < 1.29 is 28.8 Å². The number of dihydropyridines is 1. The summed E-state index contributed by atoms with van der Waals surface area (Å²) in [6.07, 6.45) is 0. The number of allylic oxidation sites excluding steroid dienone is 1. The second kappa shape index (κ2) is 9.08. The second-order valence-electron chi connectivity index (χ2n) is 7.34. The zero-order valence-electron chi connectivity index (χ0n) is 17.4. The molecule has 0 saturated carbocycles. The van der Waals surface area contributed by atoms with Gasteiger partial charge in [-0.1, -0.05) is 26.0 Å². The molecule has 9 heteroatoms. The molecule has 0 radical (unpaired) electrons. The zero-order chi connectivity index (χ0) is 21.8. The first kappa shape index (κ1) is 21.5. The van der Waals surface area contributed by atoms with E-state index >= 15 is 0 Å². The van der Waals surface area contributed by atoms with Crippen LogP contribution in [0.3, 0.4) is 0 Å². The highest BCUT2D eigenvalue weighted by Gasteiger charge is 2.40. The Bertz CT molecular complexity index is 1020. The number of benzene rings is 1. The van der Waals surface area contributed by atoms with Crippen molar-refractivity contribution in [1.82, 2.24) is 15.6 Å². The van der Waals surface area contributed by atoms with Gasteiger partial charge in [-0.3, -0.25) is 0 Å². The Morgan fingerprint density at radius 2 is 1.93 bits per heavy atom. The fourth-order valence-electron chi connectivity index (χ4n) is 3.43. The molecule has 160 valence electrons. The normalized spacial score (nSPS) is 16.8. The van der Waals surface area contributed by atoms with Crippen molar-refractivity contribution in [2.75, 3.05) is 19.8 Å². The number of ether oxygens (including phenoxy) is 2. The lowest BCUT2D eigenvalue weighted by molar-refractivity contribution is -0.140. The monoisotopic (exact) mass is 415 g/mol. The summed E-state index contributed by atoms with van der Waals surface area (Å²) in [7, 11) is 0. The van der Waals surface area contributed by atoms with Gasteiger partial charge in [0.1, 0.15) is 11.0 Å². The van der Waals surface area contributed by atoms with Crippen LogP contribution < -0.4 is 5.32 Å². The van der Waals surface area contributed by atoms with Gasteiger partial charge in [0.25, 0.3) is 0 Å². The minimum Gasteiger partial charge on any atom is -0.463 e. The van der Waals surface area contributed by atoms with Gasteiger partial charge < -0.3 is 19.9 Å². The summed E-state index contributed by atoms with van der Waals surface area (Å²) < 4.78 is 15.6. The van der Waals surface area contributed by atoms with E-state index in [1.165, 1.54) is 0 Å². The number of aliphatic hydroxyl groups is 1. The number of carbonyl (C=O) groups is 2. The highest BCUT2D eigenvalue weighted by Crippen LogP contribution is 2.41. The Balaban J connectivity index is 2.21. The summed E-state index contributed by atoms with van der Waals surface area (Å²) in [5, 5.41) is 20.7. The molecule has 0 fully saturated rings. The third kappa shape index (κ3) is 4.06. The predicted molar refractivity (Wildman–Crippen MR) is 107 cm³/mol. The van der Waals surface area contributed by atoms with E-state index < -0.39 is 24.5 Å². The minimum absolute atomic E-state index is 0.122. The largest absolute Gasteiger partial charge is 0.463 e. The summed E-state index contributed by atoms with van der Waals surface area (Å²) in [4.78, 5) is 26.0. The molecule has 2 N–H and O–H groups in total. The number of carbonyl (C=O) groups excluding carboxylic acids is 2. The number of fused-ring (bicyclic) bond motifs is 1. The Morgan fingerprint density at radius 1 is 1.20 bits per heavy atom. The van der Waals surface area contributed by atoms with Gasteiger partial charge in [-0.15, -0.1) is 0 Å². The molecule has 0 amide bonds. The van der Waals surface area contributed by atoms with Crippen LogP contribution in [0.1, 0.15) is 39.2 Å². The van der Waals surface area contributed by atoms with E-state index in [4.69, 9.17) is 14.1 Å². The molecule has 0 spiro atoms. The molecule has 9 nitrogen and oxygen atoms in total. The number of hydrogen-bond acceptors (Lipinski definition) is 9. The van der Waals surface area contributed by atoms with Crippen LogP contribution in [-0.2, 0) is 19.1 Å². The summed E-state index contributed by atoms with van der Waals surface area (Å²) in [6, 6.07) is 5.18. The van der Waals surface area contributed by atoms with Crippen molar-refractivity contribution in [2.24, 2.45) is 5.92 Å². The second-order valence-corrected chi connectivity index (χ2v) is 7.34. The number of hydrogen-bond donors (Lipinski definition) is 2. The smallest absolute Gasteiger partial charge is 0.336 e. The molecule has 0 saturated heterocycles. The van der Waals surface area contributed by atoms with Crippen LogP contribution in [0.25, 0.3) is 11.0 Å². The molecule has 1 aliphatic heterocycles. The van der Waals surface area contributed by atoms with Crippen LogP contribution in [0.15, 0.2) is 45.4 Å². The lowest BCUT2D eigenvalue weighted by Gasteiger charge is -2.31. The summed E-state index contributed by atoms with van der Waals surface area (Å²) in [5.74, 6) is -1.94. The third-order valence-electron chi connectivity index (χ3n) is 4.69.